The van der Waals surface area contributed by atoms with Crippen LogP contribution in [0.3, 0.4) is 0 Å². The molecule has 0 unspecified atom stereocenters. The first-order chi connectivity index (χ1) is 9.74. The minimum atomic E-state index is -0.173. The molecule has 1 amide bonds. The monoisotopic (exact) mass is 277 g/mol. The van der Waals surface area contributed by atoms with Crippen LogP contribution < -0.4 is 16.0 Å². The number of amides is 1. The van der Waals surface area contributed by atoms with Crippen LogP contribution in [0.15, 0.2) is 12.1 Å². The molecule has 1 saturated heterocycles. The third kappa shape index (κ3) is 3.66. The molecule has 110 valence electrons. The predicted molar refractivity (Wildman–Crippen MR) is 78.6 cm³/mol. The summed E-state index contributed by atoms with van der Waals surface area (Å²) in [6.07, 6.45) is 3.41. The van der Waals surface area contributed by atoms with Gasteiger partial charge in [-0.15, -0.1) is 10.2 Å². The number of anilines is 1. The first-order valence-electron chi connectivity index (χ1n) is 7.31. The number of carbonyl (C=O) groups is 1. The van der Waals surface area contributed by atoms with E-state index in [1.165, 1.54) is 0 Å². The van der Waals surface area contributed by atoms with Crippen LogP contribution in [0.25, 0.3) is 0 Å². The Hall–Kier alpha value is -1.69. The van der Waals surface area contributed by atoms with Gasteiger partial charge in [0.2, 0.25) is 0 Å². The summed E-state index contributed by atoms with van der Waals surface area (Å²) in [4.78, 5) is 13.8. The van der Waals surface area contributed by atoms with Crippen molar-refractivity contribution in [3.63, 3.8) is 0 Å². The lowest BCUT2D eigenvalue weighted by atomic mass is 9.94. The van der Waals surface area contributed by atoms with Crippen molar-refractivity contribution in [3.8, 4) is 0 Å². The third-order valence-electron chi connectivity index (χ3n) is 3.73. The molecule has 1 aromatic rings. The Morgan fingerprint density at radius 2 is 2.15 bits per heavy atom. The van der Waals surface area contributed by atoms with Crippen molar-refractivity contribution in [1.29, 1.82) is 0 Å². The number of hydrogen-bond donors (Lipinski definition) is 2. The molecular weight excluding hydrogens is 254 g/mol. The maximum Gasteiger partial charge on any atom is 0.271 e. The Bertz CT molecular complexity index is 426. The van der Waals surface area contributed by atoms with E-state index in [4.69, 9.17) is 5.73 Å². The first-order valence-corrected chi connectivity index (χ1v) is 7.31. The first kappa shape index (κ1) is 14.7. The van der Waals surface area contributed by atoms with Gasteiger partial charge in [0.25, 0.3) is 5.91 Å². The zero-order valence-corrected chi connectivity index (χ0v) is 12.0. The van der Waals surface area contributed by atoms with E-state index in [0.29, 0.717) is 12.2 Å². The molecule has 6 nitrogen and oxygen atoms in total. The number of rotatable bonds is 5. The number of nitrogens with two attached hydrogens (primary N) is 1. The van der Waals surface area contributed by atoms with Gasteiger partial charge in [0.1, 0.15) is 0 Å². The average molecular weight is 277 g/mol. The summed E-state index contributed by atoms with van der Waals surface area (Å²) in [7, 11) is 0. The Morgan fingerprint density at radius 3 is 2.70 bits per heavy atom. The zero-order valence-electron chi connectivity index (χ0n) is 12.0. The van der Waals surface area contributed by atoms with E-state index in [2.05, 4.69) is 20.4 Å². The second kappa shape index (κ2) is 7.19. The Labute approximate surface area is 119 Å². The van der Waals surface area contributed by atoms with Crippen LogP contribution >= 0.6 is 0 Å². The standard InChI is InChI=1S/C14H23N5O/c1-2-16-14(20)12-3-4-13(18-17-12)19-9-6-11(5-8-15)7-10-19/h3-4,11H,2,5-10,15H2,1H3,(H,16,20). The summed E-state index contributed by atoms with van der Waals surface area (Å²) in [5, 5.41) is 10.9. The van der Waals surface area contributed by atoms with Gasteiger partial charge < -0.3 is 16.0 Å². The lowest BCUT2D eigenvalue weighted by molar-refractivity contribution is 0.0950. The van der Waals surface area contributed by atoms with E-state index < -0.39 is 0 Å². The van der Waals surface area contributed by atoms with Gasteiger partial charge in [0.15, 0.2) is 11.5 Å². The Balaban J connectivity index is 1.92. The molecule has 1 aromatic heterocycles. The maximum absolute atomic E-state index is 11.6. The molecule has 0 bridgehead atoms. The van der Waals surface area contributed by atoms with Gasteiger partial charge >= 0.3 is 0 Å². The molecule has 2 heterocycles. The number of hydrogen-bond acceptors (Lipinski definition) is 5. The summed E-state index contributed by atoms with van der Waals surface area (Å²) in [6.45, 7) is 5.22. The zero-order chi connectivity index (χ0) is 14.4. The number of nitrogens with zero attached hydrogens (tertiary/aromatic N) is 3. The second-order valence-corrected chi connectivity index (χ2v) is 5.14. The van der Waals surface area contributed by atoms with Crippen LogP contribution in [0.2, 0.25) is 0 Å². The lowest BCUT2D eigenvalue weighted by Gasteiger charge is -2.32. The summed E-state index contributed by atoms with van der Waals surface area (Å²) in [5.74, 6) is 1.41. The van der Waals surface area contributed by atoms with E-state index >= 15 is 0 Å². The molecule has 0 radical (unpaired) electrons. The molecule has 0 atom stereocenters. The number of aromatic nitrogens is 2. The van der Waals surface area contributed by atoms with Gasteiger partial charge in [0.05, 0.1) is 0 Å². The molecule has 0 aliphatic carbocycles. The van der Waals surface area contributed by atoms with Crippen molar-refractivity contribution in [2.24, 2.45) is 11.7 Å². The van der Waals surface area contributed by atoms with Crippen molar-refractivity contribution >= 4 is 11.7 Å². The predicted octanol–water partition coefficient (Wildman–Crippen LogP) is 0.791. The Kier molecular flexibility index (Phi) is 5.29. The molecule has 0 aromatic carbocycles. The fraction of sp³-hybridized carbons (Fsp3) is 0.643. The number of carbonyl (C=O) groups excluding carboxylic acids is 1. The van der Waals surface area contributed by atoms with Crippen molar-refractivity contribution in [2.75, 3.05) is 31.1 Å². The van der Waals surface area contributed by atoms with Gasteiger partial charge in [-0.3, -0.25) is 4.79 Å². The van der Waals surface area contributed by atoms with Crippen molar-refractivity contribution in [3.05, 3.63) is 17.8 Å². The highest BCUT2D eigenvalue weighted by atomic mass is 16.1. The normalized spacial score (nSPS) is 16.2. The van der Waals surface area contributed by atoms with Crippen molar-refractivity contribution in [2.45, 2.75) is 26.2 Å². The molecular formula is C14H23N5O. The van der Waals surface area contributed by atoms with E-state index in [1.807, 2.05) is 13.0 Å². The van der Waals surface area contributed by atoms with Gasteiger partial charge in [-0.05, 0) is 50.8 Å². The van der Waals surface area contributed by atoms with E-state index in [9.17, 15) is 4.79 Å². The third-order valence-corrected chi connectivity index (χ3v) is 3.73. The van der Waals surface area contributed by atoms with Gasteiger partial charge in [0, 0.05) is 19.6 Å². The van der Waals surface area contributed by atoms with Gasteiger partial charge in [-0.2, -0.15) is 0 Å². The average Bonchev–Trinajstić information content (AvgIpc) is 2.49. The second-order valence-electron chi connectivity index (χ2n) is 5.14. The van der Waals surface area contributed by atoms with E-state index in [1.54, 1.807) is 6.07 Å². The molecule has 3 N–H and O–H groups in total. The smallest absolute Gasteiger partial charge is 0.271 e. The van der Waals surface area contributed by atoms with Gasteiger partial charge in [-0.1, -0.05) is 0 Å². The minimum absolute atomic E-state index is 0.173. The van der Waals surface area contributed by atoms with Crippen molar-refractivity contribution < 1.29 is 4.79 Å². The summed E-state index contributed by atoms with van der Waals surface area (Å²) >= 11 is 0. The van der Waals surface area contributed by atoms with Crippen LogP contribution in [-0.2, 0) is 0 Å². The fourth-order valence-corrected chi connectivity index (χ4v) is 2.55. The largest absolute Gasteiger partial charge is 0.355 e. The molecule has 2 rings (SSSR count). The highest BCUT2D eigenvalue weighted by molar-refractivity contribution is 5.92. The number of piperidine rings is 1. The molecule has 1 fully saturated rings. The van der Waals surface area contributed by atoms with Crippen LogP contribution in [0, 0.1) is 5.92 Å². The van der Waals surface area contributed by atoms with E-state index in [-0.39, 0.29) is 5.91 Å². The molecule has 1 aliphatic heterocycles. The molecule has 1 aliphatic rings. The van der Waals surface area contributed by atoms with Crippen LogP contribution in [0.5, 0.6) is 0 Å². The summed E-state index contributed by atoms with van der Waals surface area (Å²) in [5.41, 5.74) is 5.97. The minimum Gasteiger partial charge on any atom is -0.355 e. The highest BCUT2D eigenvalue weighted by Gasteiger charge is 2.20. The molecule has 20 heavy (non-hydrogen) atoms. The fourth-order valence-electron chi connectivity index (χ4n) is 2.55. The SMILES string of the molecule is CCNC(=O)c1ccc(N2CCC(CCN)CC2)nn1. The van der Waals surface area contributed by atoms with E-state index in [0.717, 1.165) is 50.6 Å². The summed E-state index contributed by atoms with van der Waals surface area (Å²) < 4.78 is 0. The highest BCUT2D eigenvalue weighted by Crippen LogP contribution is 2.23. The van der Waals surface area contributed by atoms with Crippen molar-refractivity contribution in [1.82, 2.24) is 15.5 Å². The topological polar surface area (TPSA) is 84.1 Å². The number of nitrogens with one attached hydrogen (secondary N) is 1. The quantitative estimate of drug-likeness (QED) is 0.831. The van der Waals surface area contributed by atoms with Gasteiger partial charge in [-0.25, -0.2) is 0 Å². The van der Waals surface area contributed by atoms with Crippen LogP contribution in [0.4, 0.5) is 5.82 Å². The Morgan fingerprint density at radius 1 is 1.40 bits per heavy atom. The molecule has 6 heteroatoms. The lowest BCUT2D eigenvalue weighted by Crippen LogP contribution is -2.35. The van der Waals surface area contributed by atoms with Crippen LogP contribution in [-0.4, -0.2) is 42.3 Å². The molecule has 0 saturated carbocycles. The molecule has 0 spiro atoms. The summed E-state index contributed by atoms with van der Waals surface area (Å²) in [6, 6.07) is 3.61. The van der Waals surface area contributed by atoms with Crippen LogP contribution in [0.1, 0.15) is 36.7 Å². The maximum atomic E-state index is 11.6.